The molecule has 0 atom stereocenters. The molecule has 30 heavy (non-hydrogen) atoms. The van der Waals surface area contributed by atoms with Gasteiger partial charge in [0.2, 0.25) is 6.41 Å². The van der Waals surface area contributed by atoms with Crippen LogP contribution in [-0.2, 0) is 4.79 Å². The maximum Gasteiger partial charge on any atom is 0.255 e. The van der Waals surface area contributed by atoms with Gasteiger partial charge in [0, 0.05) is 27.6 Å². The maximum atomic E-state index is 12.6. The van der Waals surface area contributed by atoms with Crippen molar-refractivity contribution in [3.8, 4) is 0 Å². The number of halogens is 1. The van der Waals surface area contributed by atoms with Crippen LogP contribution in [0.5, 0.6) is 0 Å². The summed E-state index contributed by atoms with van der Waals surface area (Å²) in [6, 6.07) is 21.0. The average Bonchev–Trinajstić information content (AvgIpc) is 2.75. The van der Waals surface area contributed by atoms with Crippen molar-refractivity contribution in [2.75, 3.05) is 21.4 Å². The molecule has 0 unspecified atom stereocenters. The highest BCUT2D eigenvalue weighted by Crippen LogP contribution is 2.17. The molecule has 0 radical (unpaired) electrons. The van der Waals surface area contributed by atoms with E-state index in [0.717, 1.165) is 5.69 Å². The molecule has 3 aromatic carbocycles. The van der Waals surface area contributed by atoms with Crippen LogP contribution in [0.3, 0.4) is 0 Å². The fourth-order valence-electron chi connectivity index (χ4n) is 2.52. The Bertz CT molecular complexity index is 1040. The standard InChI is InChI=1S/C21H18ClN5O2S/c22-15-4-6-17(7-5-15)25-21(30)26-19-3-1-2-14(12-19)20(29)24-16-8-10-18(11-9-16)27-23-13-28/h1-13,27H,(H,23,28)(H,24,29)(H2,25,26,30). The molecule has 2 amide bonds. The van der Waals surface area contributed by atoms with E-state index in [-0.39, 0.29) is 5.91 Å². The van der Waals surface area contributed by atoms with E-state index in [2.05, 4.69) is 26.8 Å². The van der Waals surface area contributed by atoms with Crippen molar-refractivity contribution >= 4 is 64.0 Å². The summed E-state index contributed by atoms with van der Waals surface area (Å²) in [7, 11) is 0. The Morgan fingerprint density at radius 1 is 0.800 bits per heavy atom. The molecular weight excluding hydrogens is 422 g/mol. The lowest BCUT2D eigenvalue weighted by Gasteiger charge is -2.12. The summed E-state index contributed by atoms with van der Waals surface area (Å²) in [5, 5.41) is 9.96. The molecule has 0 aromatic heterocycles. The molecule has 9 heteroatoms. The Morgan fingerprint density at radius 3 is 2.10 bits per heavy atom. The lowest BCUT2D eigenvalue weighted by Crippen LogP contribution is -2.19. The predicted molar refractivity (Wildman–Crippen MR) is 125 cm³/mol. The highest BCUT2D eigenvalue weighted by molar-refractivity contribution is 7.80. The van der Waals surface area contributed by atoms with Gasteiger partial charge >= 0.3 is 0 Å². The average molecular weight is 440 g/mol. The highest BCUT2D eigenvalue weighted by Gasteiger charge is 2.08. The Morgan fingerprint density at radius 2 is 1.40 bits per heavy atom. The van der Waals surface area contributed by atoms with Crippen LogP contribution in [0.15, 0.2) is 72.8 Å². The fraction of sp³-hybridized carbons (Fsp3) is 0. The first-order chi connectivity index (χ1) is 14.5. The second-order valence-corrected chi connectivity index (χ2v) is 6.93. The number of thiocarbonyl (C=S) groups is 1. The van der Waals surface area contributed by atoms with Crippen LogP contribution in [0, 0.1) is 0 Å². The molecule has 3 aromatic rings. The number of hydrogen-bond acceptors (Lipinski definition) is 4. The largest absolute Gasteiger partial charge is 0.332 e. The van der Waals surface area contributed by atoms with Crippen molar-refractivity contribution in [2.45, 2.75) is 0 Å². The number of carbonyl (C=O) groups is 2. The van der Waals surface area contributed by atoms with E-state index in [0.29, 0.717) is 39.2 Å². The first-order valence-electron chi connectivity index (χ1n) is 8.84. The summed E-state index contributed by atoms with van der Waals surface area (Å²) in [6.45, 7) is 0. The van der Waals surface area contributed by atoms with E-state index in [1.165, 1.54) is 0 Å². The molecule has 0 bridgehead atoms. The third-order valence-electron chi connectivity index (χ3n) is 3.90. The van der Waals surface area contributed by atoms with Crippen molar-refractivity contribution < 1.29 is 9.59 Å². The molecule has 0 aliphatic rings. The van der Waals surface area contributed by atoms with Gasteiger partial charge in [-0.05, 0) is 78.9 Å². The van der Waals surface area contributed by atoms with Crippen molar-refractivity contribution in [1.82, 2.24) is 5.43 Å². The molecule has 5 N–H and O–H groups in total. The predicted octanol–water partition coefficient (Wildman–Crippen LogP) is 4.47. The molecule has 0 saturated heterocycles. The van der Waals surface area contributed by atoms with Crippen molar-refractivity contribution in [2.24, 2.45) is 0 Å². The molecule has 7 nitrogen and oxygen atoms in total. The van der Waals surface area contributed by atoms with Crippen LogP contribution < -0.4 is 26.8 Å². The number of anilines is 4. The number of nitrogens with one attached hydrogen (secondary N) is 5. The zero-order chi connectivity index (χ0) is 21.3. The molecule has 0 spiro atoms. The third kappa shape index (κ3) is 6.20. The van der Waals surface area contributed by atoms with Gasteiger partial charge in [-0.3, -0.25) is 20.4 Å². The van der Waals surface area contributed by atoms with Crippen molar-refractivity contribution in [1.29, 1.82) is 0 Å². The molecule has 0 aliphatic heterocycles. The topological polar surface area (TPSA) is 94.3 Å². The number of benzene rings is 3. The lowest BCUT2D eigenvalue weighted by molar-refractivity contribution is -0.109. The molecule has 0 heterocycles. The molecule has 0 saturated carbocycles. The molecule has 0 aliphatic carbocycles. The Hall–Kier alpha value is -3.62. The first kappa shape index (κ1) is 21.1. The quantitative estimate of drug-likeness (QED) is 0.212. The maximum absolute atomic E-state index is 12.6. The van der Waals surface area contributed by atoms with Crippen LogP contribution in [0.1, 0.15) is 10.4 Å². The van der Waals surface area contributed by atoms with Gasteiger partial charge in [0.15, 0.2) is 5.11 Å². The summed E-state index contributed by atoms with van der Waals surface area (Å²) in [5.41, 5.74) is 8.28. The number of hydrazine groups is 1. The minimum Gasteiger partial charge on any atom is -0.332 e. The van der Waals surface area contributed by atoms with Crippen LogP contribution in [0.4, 0.5) is 22.7 Å². The minimum atomic E-state index is -0.262. The van der Waals surface area contributed by atoms with E-state index in [1.807, 2.05) is 18.2 Å². The summed E-state index contributed by atoms with van der Waals surface area (Å²) >= 11 is 11.2. The van der Waals surface area contributed by atoms with E-state index < -0.39 is 0 Å². The zero-order valence-electron chi connectivity index (χ0n) is 15.6. The van der Waals surface area contributed by atoms with Crippen molar-refractivity contribution in [3.63, 3.8) is 0 Å². The molecule has 0 fully saturated rings. The molecule has 152 valence electrons. The normalized spacial score (nSPS) is 9.90. The van der Waals surface area contributed by atoms with Crippen molar-refractivity contribution in [3.05, 3.63) is 83.4 Å². The second kappa shape index (κ2) is 10.2. The molecule has 3 rings (SSSR count). The summed E-state index contributed by atoms with van der Waals surface area (Å²) in [6.07, 6.45) is 0.535. The summed E-state index contributed by atoms with van der Waals surface area (Å²) < 4.78 is 0. The monoisotopic (exact) mass is 439 g/mol. The van der Waals surface area contributed by atoms with E-state index in [1.54, 1.807) is 54.6 Å². The zero-order valence-corrected chi connectivity index (χ0v) is 17.2. The van der Waals surface area contributed by atoms with Crippen LogP contribution in [0.2, 0.25) is 5.02 Å². The van der Waals surface area contributed by atoms with Gasteiger partial charge in [0.1, 0.15) is 0 Å². The second-order valence-electron chi connectivity index (χ2n) is 6.09. The van der Waals surface area contributed by atoms with Gasteiger partial charge in [-0.25, -0.2) is 0 Å². The van der Waals surface area contributed by atoms with Crippen LogP contribution >= 0.6 is 23.8 Å². The summed E-state index contributed by atoms with van der Waals surface area (Å²) in [5.74, 6) is -0.262. The van der Waals surface area contributed by atoms with Gasteiger partial charge in [-0.15, -0.1) is 0 Å². The lowest BCUT2D eigenvalue weighted by atomic mass is 10.2. The third-order valence-corrected chi connectivity index (χ3v) is 4.36. The number of carbonyl (C=O) groups excluding carboxylic acids is 2. The Balaban J connectivity index is 1.59. The minimum absolute atomic E-state index is 0.262. The van der Waals surface area contributed by atoms with Gasteiger partial charge < -0.3 is 16.0 Å². The Labute approximate surface area is 183 Å². The van der Waals surface area contributed by atoms with E-state index >= 15 is 0 Å². The van der Waals surface area contributed by atoms with Crippen LogP contribution in [-0.4, -0.2) is 17.4 Å². The van der Waals surface area contributed by atoms with Gasteiger partial charge in [0.25, 0.3) is 5.91 Å². The number of rotatable bonds is 7. The summed E-state index contributed by atoms with van der Waals surface area (Å²) in [4.78, 5) is 22.9. The Kier molecular flexibility index (Phi) is 7.20. The fourth-order valence-corrected chi connectivity index (χ4v) is 2.88. The van der Waals surface area contributed by atoms with Gasteiger partial charge in [-0.2, -0.15) is 0 Å². The molecular formula is C21H18ClN5O2S. The van der Waals surface area contributed by atoms with E-state index in [4.69, 9.17) is 23.8 Å². The van der Waals surface area contributed by atoms with Gasteiger partial charge in [0.05, 0.1) is 5.69 Å². The first-order valence-corrected chi connectivity index (χ1v) is 9.62. The SMILES string of the molecule is O=CNNc1ccc(NC(=O)c2cccc(NC(=S)Nc3ccc(Cl)cc3)c2)cc1. The number of amides is 2. The van der Waals surface area contributed by atoms with E-state index in [9.17, 15) is 9.59 Å². The highest BCUT2D eigenvalue weighted by atomic mass is 35.5. The van der Waals surface area contributed by atoms with Gasteiger partial charge in [-0.1, -0.05) is 17.7 Å². The smallest absolute Gasteiger partial charge is 0.255 e. The van der Waals surface area contributed by atoms with Crippen LogP contribution in [0.25, 0.3) is 0 Å². The number of hydrogen-bond donors (Lipinski definition) is 5.